The number of ether oxygens (including phenoxy) is 1. The first-order chi connectivity index (χ1) is 11.0. The van der Waals surface area contributed by atoms with Crippen LogP contribution >= 0.6 is 0 Å². The summed E-state index contributed by atoms with van der Waals surface area (Å²) >= 11 is 0. The van der Waals surface area contributed by atoms with Crippen molar-refractivity contribution in [2.24, 2.45) is 0 Å². The van der Waals surface area contributed by atoms with E-state index < -0.39 is 21.8 Å². The fraction of sp³-hybridized carbons (Fsp3) is 0.571. The molecule has 0 aliphatic carbocycles. The summed E-state index contributed by atoms with van der Waals surface area (Å²) in [5.41, 5.74) is -0.0967. The normalized spacial score (nSPS) is 23.4. The van der Waals surface area contributed by atoms with Crippen LogP contribution in [0.15, 0.2) is 18.2 Å². The summed E-state index contributed by atoms with van der Waals surface area (Å²) in [6, 6.07) is 3.33. The number of rotatable bonds is 4. The van der Waals surface area contributed by atoms with E-state index in [4.69, 9.17) is 4.74 Å². The molecule has 1 unspecified atom stereocenters. The average Bonchev–Trinajstić information content (AvgIpc) is 2.95. The Morgan fingerprint density at radius 3 is 2.43 bits per heavy atom. The number of nitrogens with one attached hydrogen (secondary N) is 1. The molecule has 1 aromatic carbocycles. The van der Waals surface area contributed by atoms with E-state index in [1.165, 1.54) is 27.4 Å². The number of para-hydroxylation sites is 1. The molecule has 2 saturated heterocycles. The van der Waals surface area contributed by atoms with E-state index in [1.807, 2.05) is 0 Å². The molecule has 23 heavy (non-hydrogen) atoms. The highest BCUT2D eigenvalue weighted by Gasteiger charge is 2.32. The van der Waals surface area contributed by atoms with E-state index >= 15 is 0 Å². The molecule has 0 spiro atoms. The van der Waals surface area contributed by atoms with Crippen LogP contribution in [-0.4, -0.2) is 58.2 Å². The SMILES string of the molecule is O=S(=O)(NC1CCN(c2c(F)cccc2F)C1)N1CCOCC1. The van der Waals surface area contributed by atoms with E-state index in [0.717, 1.165) is 0 Å². The number of anilines is 1. The number of halogens is 2. The molecule has 3 rings (SSSR count). The molecule has 0 amide bonds. The Morgan fingerprint density at radius 2 is 1.78 bits per heavy atom. The lowest BCUT2D eigenvalue weighted by Crippen LogP contribution is -2.50. The summed E-state index contributed by atoms with van der Waals surface area (Å²) < 4.78 is 61.4. The van der Waals surface area contributed by atoms with Gasteiger partial charge in [0.2, 0.25) is 0 Å². The molecular formula is C14H19F2N3O3S. The Balaban J connectivity index is 1.66. The van der Waals surface area contributed by atoms with Crippen LogP contribution in [0.2, 0.25) is 0 Å². The Kier molecular flexibility index (Phi) is 4.81. The van der Waals surface area contributed by atoms with Crippen molar-refractivity contribution in [3.63, 3.8) is 0 Å². The van der Waals surface area contributed by atoms with Crippen molar-refractivity contribution in [3.8, 4) is 0 Å². The van der Waals surface area contributed by atoms with Gasteiger partial charge in [-0.05, 0) is 18.6 Å². The minimum Gasteiger partial charge on any atom is -0.379 e. The lowest BCUT2D eigenvalue weighted by molar-refractivity contribution is 0.0723. The fourth-order valence-corrected chi connectivity index (χ4v) is 4.32. The standard InChI is InChI=1S/C14H19F2N3O3S/c15-12-2-1-3-13(16)14(12)18-5-4-11(10-18)17-23(20,21)19-6-8-22-9-7-19/h1-3,11,17H,4-10H2. The second-order valence-corrected chi connectivity index (χ2v) is 7.34. The van der Waals surface area contributed by atoms with Gasteiger partial charge in [0.05, 0.1) is 13.2 Å². The monoisotopic (exact) mass is 347 g/mol. The van der Waals surface area contributed by atoms with Crippen LogP contribution in [0, 0.1) is 11.6 Å². The Hall–Kier alpha value is -1.29. The van der Waals surface area contributed by atoms with E-state index in [9.17, 15) is 17.2 Å². The minimum absolute atomic E-state index is 0.0967. The zero-order valence-corrected chi connectivity index (χ0v) is 13.4. The van der Waals surface area contributed by atoms with Gasteiger partial charge in [0.15, 0.2) is 0 Å². The van der Waals surface area contributed by atoms with Gasteiger partial charge < -0.3 is 9.64 Å². The first-order valence-electron chi connectivity index (χ1n) is 7.51. The van der Waals surface area contributed by atoms with E-state index in [1.54, 1.807) is 0 Å². The van der Waals surface area contributed by atoms with Gasteiger partial charge in [-0.2, -0.15) is 17.4 Å². The molecule has 9 heteroatoms. The Bertz CT molecular complexity index is 645. The number of benzene rings is 1. The van der Waals surface area contributed by atoms with Gasteiger partial charge in [-0.1, -0.05) is 6.07 Å². The van der Waals surface area contributed by atoms with E-state index in [0.29, 0.717) is 39.3 Å². The summed E-state index contributed by atoms with van der Waals surface area (Å²) in [4.78, 5) is 1.54. The molecule has 0 aromatic heterocycles. The van der Waals surface area contributed by atoms with Crippen LogP contribution in [0.5, 0.6) is 0 Å². The molecular weight excluding hydrogens is 328 g/mol. The van der Waals surface area contributed by atoms with Crippen molar-refractivity contribution in [3.05, 3.63) is 29.8 Å². The smallest absolute Gasteiger partial charge is 0.279 e. The van der Waals surface area contributed by atoms with Gasteiger partial charge in [0, 0.05) is 32.2 Å². The maximum Gasteiger partial charge on any atom is 0.279 e. The van der Waals surface area contributed by atoms with E-state index in [2.05, 4.69) is 4.72 Å². The number of morpholine rings is 1. The van der Waals surface area contributed by atoms with Crippen molar-refractivity contribution in [2.45, 2.75) is 12.5 Å². The average molecular weight is 347 g/mol. The van der Waals surface area contributed by atoms with Crippen LogP contribution in [0.3, 0.4) is 0 Å². The van der Waals surface area contributed by atoms with Crippen molar-refractivity contribution in [2.75, 3.05) is 44.3 Å². The first-order valence-corrected chi connectivity index (χ1v) is 8.95. The molecule has 0 bridgehead atoms. The number of hydrogen-bond donors (Lipinski definition) is 1. The Morgan fingerprint density at radius 1 is 1.13 bits per heavy atom. The zero-order valence-electron chi connectivity index (χ0n) is 12.5. The van der Waals surface area contributed by atoms with Crippen LogP contribution in [-0.2, 0) is 14.9 Å². The number of nitrogens with zero attached hydrogens (tertiary/aromatic N) is 2. The van der Waals surface area contributed by atoms with Gasteiger partial charge in [0.1, 0.15) is 17.3 Å². The fourth-order valence-electron chi connectivity index (χ4n) is 2.92. The molecule has 2 fully saturated rings. The maximum absolute atomic E-state index is 13.8. The molecule has 2 aliphatic rings. The molecule has 6 nitrogen and oxygen atoms in total. The lowest BCUT2D eigenvalue weighted by Gasteiger charge is -2.27. The van der Waals surface area contributed by atoms with Crippen LogP contribution in [0.1, 0.15) is 6.42 Å². The summed E-state index contributed by atoms with van der Waals surface area (Å²) in [6.07, 6.45) is 0.497. The molecule has 1 aromatic rings. The molecule has 0 saturated carbocycles. The summed E-state index contributed by atoms with van der Waals surface area (Å²) in [7, 11) is -3.60. The molecule has 2 heterocycles. The molecule has 1 N–H and O–H groups in total. The van der Waals surface area contributed by atoms with Crippen LogP contribution < -0.4 is 9.62 Å². The predicted molar refractivity (Wildman–Crippen MR) is 81.4 cm³/mol. The van der Waals surface area contributed by atoms with Gasteiger partial charge in [0.25, 0.3) is 10.2 Å². The summed E-state index contributed by atoms with van der Waals surface area (Å²) in [6.45, 7) is 2.01. The highest BCUT2D eigenvalue weighted by atomic mass is 32.2. The summed E-state index contributed by atoms with van der Waals surface area (Å²) in [5.74, 6) is -1.27. The van der Waals surface area contributed by atoms with Gasteiger partial charge in [-0.25, -0.2) is 8.78 Å². The maximum atomic E-state index is 13.8. The van der Waals surface area contributed by atoms with Gasteiger partial charge >= 0.3 is 0 Å². The topological polar surface area (TPSA) is 61.9 Å². The largest absolute Gasteiger partial charge is 0.379 e. The second-order valence-electron chi connectivity index (χ2n) is 5.64. The van der Waals surface area contributed by atoms with Crippen molar-refractivity contribution < 1.29 is 21.9 Å². The van der Waals surface area contributed by atoms with Gasteiger partial charge in [-0.15, -0.1) is 0 Å². The lowest BCUT2D eigenvalue weighted by atomic mass is 10.2. The Labute approximate surface area is 134 Å². The minimum atomic E-state index is -3.60. The molecule has 2 aliphatic heterocycles. The predicted octanol–water partition coefficient (Wildman–Crippen LogP) is 0.710. The van der Waals surface area contributed by atoms with Crippen LogP contribution in [0.4, 0.5) is 14.5 Å². The second kappa shape index (κ2) is 6.68. The third-order valence-corrected chi connectivity index (χ3v) is 5.74. The zero-order chi connectivity index (χ0) is 16.4. The van der Waals surface area contributed by atoms with Crippen molar-refractivity contribution in [1.29, 1.82) is 0 Å². The third-order valence-electron chi connectivity index (χ3n) is 4.07. The molecule has 1 atom stereocenters. The third kappa shape index (κ3) is 3.63. The quantitative estimate of drug-likeness (QED) is 0.871. The molecule has 128 valence electrons. The van der Waals surface area contributed by atoms with E-state index in [-0.39, 0.29) is 18.3 Å². The highest BCUT2D eigenvalue weighted by molar-refractivity contribution is 7.87. The number of hydrogen-bond acceptors (Lipinski definition) is 4. The highest BCUT2D eigenvalue weighted by Crippen LogP contribution is 2.27. The van der Waals surface area contributed by atoms with Gasteiger partial charge in [-0.3, -0.25) is 0 Å². The van der Waals surface area contributed by atoms with Crippen molar-refractivity contribution in [1.82, 2.24) is 9.03 Å². The summed E-state index contributed by atoms with van der Waals surface area (Å²) in [5, 5.41) is 0. The molecule has 0 radical (unpaired) electrons. The van der Waals surface area contributed by atoms with Crippen molar-refractivity contribution >= 4 is 15.9 Å². The van der Waals surface area contributed by atoms with Crippen LogP contribution in [0.25, 0.3) is 0 Å². The first kappa shape index (κ1) is 16.6.